The first-order valence-electron chi connectivity index (χ1n) is 11.5. The van der Waals surface area contributed by atoms with Crippen LogP contribution in [0.15, 0.2) is 18.2 Å². The Labute approximate surface area is 200 Å². The third-order valence-corrected chi connectivity index (χ3v) is 7.79. The fourth-order valence-corrected chi connectivity index (χ4v) is 5.47. The van der Waals surface area contributed by atoms with Crippen molar-refractivity contribution in [3.05, 3.63) is 29.0 Å². The van der Waals surface area contributed by atoms with E-state index in [2.05, 4.69) is 16.0 Å². The number of nitrogens with one attached hydrogen (secondary N) is 3. The number of piperidine rings is 1. The third kappa shape index (κ3) is 5.28. The Bertz CT molecular complexity index is 919. The SMILES string of the molecule is O=C(COc1ccc(Cl)c(F)c1)NC12CCC(NC(=O)C3CCC(C(F)F)CN3)(CC1)C[C@@H]2O. The van der Waals surface area contributed by atoms with Gasteiger partial charge in [0, 0.05) is 24.1 Å². The normalized spacial score (nSPS) is 32.9. The van der Waals surface area contributed by atoms with Crippen LogP contribution < -0.4 is 20.7 Å². The standard InChI is InChI=1S/C23H29ClF3N3O4/c24-15-3-2-14(9-16(15)25)34-12-19(32)29-23-7-5-22(6-8-23,10-18(23)31)30-21(33)17-4-1-13(11-28-17)20(26)27/h2-3,9,13,17-18,20,28,31H,1,4-8,10-12H2,(H,29,32)(H,30,33)/t13?,17?,18-,22?,23?/m0/s1. The molecule has 11 heteroatoms. The summed E-state index contributed by atoms with van der Waals surface area (Å²) in [6, 6.07) is 3.36. The minimum atomic E-state index is -2.40. The minimum Gasteiger partial charge on any atom is -0.484 e. The summed E-state index contributed by atoms with van der Waals surface area (Å²) in [5.74, 6) is -1.89. The molecule has 2 bridgehead atoms. The summed E-state index contributed by atoms with van der Waals surface area (Å²) in [7, 11) is 0. The maximum Gasteiger partial charge on any atom is 0.258 e. The molecule has 1 saturated heterocycles. The summed E-state index contributed by atoms with van der Waals surface area (Å²) in [5, 5.41) is 19.7. The van der Waals surface area contributed by atoms with Crippen molar-refractivity contribution in [3.8, 4) is 5.75 Å². The van der Waals surface area contributed by atoms with E-state index in [4.69, 9.17) is 16.3 Å². The number of amides is 2. The second-order valence-electron chi connectivity index (χ2n) is 9.69. The Balaban J connectivity index is 1.28. The zero-order valence-corrected chi connectivity index (χ0v) is 19.3. The van der Waals surface area contributed by atoms with Gasteiger partial charge in [-0.15, -0.1) is 0 Å². The van der Waals surface area contributed by atoms with Crippen LogP contribution in [0.25, 0.3) is 0 Å². The van der Waals surface area contributed by atoms with Crippen molar-refractivity contribution < 1.29 is 32.6 Å². The zero-order valence-electron chi connectivity index (χ0n) is 18.6. The van der Waals surface area contributed by atoms with Gasteiger partial charge in [0.1, 0.15) is 11.6 Å². The summed E-state index contributed by atoms with van der Waals surface area (Å²) >= 11 is 5.64. The van der Waals surface area contributed by atoms with Crippen molar-refractivity contribution in [3.63, 3.8) is 0 Å². The topological polar surface area (TPSA) is 99.7 Å². The lowest BCUT2D eigenvalue weighted by atomic mass is 9.59. The van der Waals surface area contributed by atoms with Gasteiger partial charge in [-0.3, -0.25) is 9.59 Å². The number of halogens is 4. The number of carbonyl (C=O) groups excluding carboxylic acids is 2. The molecule has 7 nitrogen and oxygen atoms in total. The van der Waals surface area contributed by atoms with Gasteiger partial charge in [-0.1, -0.05) is 11.6 Å². The van der Waals surface area contributed by atoms with E-state index in [0.29, 0.717) is 32.1 Å². The highest BCUT2D eigenvalue weighted by Crippen LogP contribution is 2.47. The van der Waals surface area contributed by atoms with E-state index in [9.17, 15) is 27.9 Å². The van der Waals surface area contributed by atoms with E-state index in [1.165, 1.54) is 12.1 Å². The van der Waals surface area contributed by atoms with Gasteiger partial charge < -0.3 is 25.8 Å². The van der Waals surface area contributed by atoms with Crippen LogP contribution >= 0.6 is 11.6 Å². The van der Waals surface area contributed by atoms with E-state index < -0.39 is 47.3 Å². The molecule has 34 heavy (non-hydrogen) atoms. The van der Waals surface area contributed by atoms with Crippen LogP contribution in [0.3, 0.4) is 0 Å². The Morgan fingerprint density at radius 3 is 2.53 bits per heavy atom. The first kappa shape index (κ1) is 25.1. The van der Waals surface area contributed by atoms with Crippen LogP contribution in [0.4, 0.5) is 13.2 Å². The number of alkyl halides is 2. The molecule has 4 aliphatic rings. The monoisotopic (exact) mass is 503 g/mol. The molecule has 4 N–H and O–H groups in total. The van der Waals surface area contributed by atoms with Crippen LogP contribution in [0, 0.1) is 11.7 Å². The lowest BCUT2D eigenvalue weighted by Crippen LogP contribution is -2.71. The number of hydrogen-bond acceptors (Lipinski definition) is 5. The number of ether oxygens (including phenoxy) is 1. The van der Waals surface area contributed by atoms with Gasteiger partial charge in [0.15, 0.2) is 6.61 Å². The molecule has 1 heterocycles. The average molecular weight is 504 g/mol. The molecule has 3 aliphatic carbocycles. The number of fused-ring (bicyclic) bond motifs is 3. The highest BCUT2D eigenvalue weighted by atomic mass is 35.5. The van der Waals surface area contributed by atoms with Crippen molar-refractivity contribution in [2.24, 2.45) is 5.92 Å². The molecule has 5 rings (SSSR count). The molecule has 0 spiro atoms. The lowest BCUT2D eigenvalue weighted by molar-refractivity contribution is -0.137. The smallest absolute Gasteiger partial charge is 0.258 e. The van der Waals surface area contributed by atoms with Crippen molar-refractivity contribution in [1.29, 1.82) is 0 Å². The molecule has 0 aromatic heterocycles. The van der Waals surface area contributed by atoms with Crippen molar-refractivity contribution in [1.82, 2.24) is 16.0 Å². The number of benzene rings is 1. The maximum atomic E-state index is 13.5. The fourth-order valence-electron chi connectivity index (χ4n) is 5.36. The second-order valence-corrected chi connectivity index (χ2v) is 10.1. The van der Waals surface area contributed by atoms with Crippen LogP contribution in [-0.2, 0) is 9.59 Å². The van der Waals surface area contributed by atoms with Gasteiger partial charge in [0.25, 0.3) is 5.91 Å². The number of aliphatic hydroxyl groups excluding tert-OH is 1. The summed E-state index contributed by atoms with van der Waals surface area (Å²) < 4.78 is 44.6. The van der Waals surface area contributed by atoms with Crippen molar-refractivity contribution in [2.75, 3.05) is 13.2 Å². The highest BCUT2D eigenvalue weighted by Gasteiger charge is 2.55. The molecular weight excluding hydrogens is 475 g/mol. The van der Waals surface area contributed by atoms with E-state index in [0.717, 1.165) is 6.07 Å². The Kier molecular flexibility index (Phi) is 7.30. The Hall–Kier alpha value is -2.04. The van der Waals surface area contributed by atoms with Gasteiger partial charge in [-0.25, -0.2) is 13.2 Å². The quantitative estimate of drug-likeness (QED) is 0.458. The second kappa shape index (κ2) is 9.91. The molecule has 3 saturated carbocycles. The number of carbonyl (C=O) groups is 2. The molecule has 2 unspecified atom stereocenters. The maximum absolute atomic E-state index is 13.5. The predicted molar refractivity (Wildman–Crippen MR) is 118 cm³/mol. The van der Waals surface area contributed by atoms with E-state index in [-0.39, 0.29) is 42.7 Å². The third-order valence-electron chi connectivity index (χ3n) is 7.48. The van der Waals surface area contributed by atoms with E-state index >= 15 is 0 Å². The molecule has 0 radical (unpaired) electrons. The Morgan fingerprint density at radius 2 is 1.94 bits per heavy atom. The van der Waals surface area contributed by atoms with Crippen LogP contribution in [0.5, 0.6) is 5.75 Å². The van der Waals surface area contributed by atoms with Crippen molar-refractivity contribution >= 4 is 23.4 Å². The van der Waals surface area contributed by atoms with E-state index in [1.807, 2.05) is 0 Å². The predicted octanol–water partition coefficient (Wildman–Crippen LogP) is 2.54. The molecule has 188 valence electrons. The van der Waals surface area contributed by atoms with Crippen molar-refractivity contribution in [2.45, 2.75) is 74.6 Å². The lowest BCUT2D eigenvalue weighted by Gasteiger charge is -2.56. The molecule has 4 fully saturated rings. The van der Waals surface area contributed by atoms with Gasteiger partial charge in [-0.2, -0.15) is 0 Å². The number of hydrogen-bond donors (Lipinski definition) is 4. The Morgan fingerprint density at radius 1 is 1.21 bits per heavy atom. The first-order chi connectivity index (χ1) is 16.1. The molecular formula is C23H29ClF3N3O4. The molecule has 2 amide bonds. The van der Waals surface area contributed by atoms with Crippen LogP contribution in [0.1, 0.15) is 44.9 Å². The number of rotatable bonds is 7. The molecule has 1 aromatic rings. The van der Waals surface area contributed by atoms with Gasteiger partial charge in [-0.05, 0) is 57.1 Å². The molecule has 3 atom stereocenters. The number of aliphatic hydroxyl groups is 1. The van der Waals surface area contributed by atoms with Crippen LogP contribution in [-0.4, -0.2) is 59.7 Å². The van der Waals surface area contributed by atoms with E-state index in [1.54, 1.807) is 0 Å². The summed E-state index contributed by atoms with van der Waals surface area (Å²) in [6.07, 6.45) is -0.248. The molecule has 1 aromatic carbocycles. The summed E-state index contributed by atoms with van der Waals surface area (Å²) in [5.41, 5.74) is -1.40. The fraction of sp³-hybridized carbons (Fsp3) is 0.652. The van der Waals surface area contributed by atoms with Crippen LogP contribution in [0.2, 0.25) is 5.02 Å². The largest absolute Gasteiger partial charge is 0.484 e. The minimum absolute atomic E-state index is 0.0459. The highest BCUT2D eigenvalue weighted by molar-refractivity contribution is 6.30. The zero-order chi connectivity index (χ0) is 24.5. The van der Waals surface area contributed by atoms with Gasteiger partial charge in [0.2, 0.25) is 12.3 Å². The van der Waals surface area contributed by atoms with Gasteiger partial charge >= 0.3 is 0 Å². The van der Waals surface area contributed by atoms with Gasteiger partial charge in [0.05, 0.1) is 22.7 Å². The summed E-state index contributed by atoms with van der Waals surface area (Å²) in [6.45, 7) is -0.240. The first-order valence-corrected chi connectivity index (χ1v) is 11.9. The average Bonchev–Trinajstić information content (AvgIpc) is 2.81. The molecule has 1 aliphatic heterocycles. The summed E-state index contributed by atoms with van der Waals surface area (Å²) in [4.78, 5) is 25.3.